The zero-order chi connectivity index (χ0) is 18.4. The molecule has 0 atom stereocenters. The van der Waals surface area contributed by atoms with Crippen molar-refractivity contribution in [3.05, 3.63) is 59.7 Å². The van der Waals surface area contributed by atoms with E-state index in [2.05, 4.69) is 20.8 Å². The quantitative estimate of drug-likeness (QED) is 0.645. The van der Waals surface area contributed by atoms with Gasteiger partial charge in [-0.25, -0.2) is 4.68 Å². The number of hydrogen-bond acceptors (Lipinski definition) is 6. The van der Waals surface area contributed by atoms with Gasteiger partial charge in [0, 0.05) is 5.69 Å². The number of benzene rings is 2. The Hall–Kier alpha value is -2.87. The number of amides is 1. The standard InChI is InChI=1S/C18H19N5O2S/c1-13-4-3-5-15(10-13)19-17(24)12-26-18-20-21-22-23(18)11-14-6-8-16(25-2)9-7-14/h3-10H,11-12H2,1-2H3,(H,19,24). The molecule has 3 aromatic rings. The first-order chi connectivity index (χ1) is 12.6. The summed E-state index contributed by atoms with van der Waals surface area (Å²) in [4.78, 5) is 12.1. The third-order valence-electron chi connectivity index (χ3n) is 3.62. The molecule has 134 valence electrons. The zero-order valence-electron chi connectivity index (χ0n) is 14.5. The van der Waals surface area contributed by atoms with Crippen LogP contribution in [0.25, 0.3) is 0 Å². The second kappa shape index (κ2) is 8.48. The largest absolute Gasteiger partial charge is 0.497 e. The normalized spacial score (nSPS) is 10.5. The van der Waals surface area contributed by atoms with Gasteiger partial charge in [0.25, 0.3) is 0 Å². The van der Waals surface area contributed by atoms with Crippen LogP contribution >= 0.6 is 11.8 Å². The van der Waals surface area contributed by atoms with Crippen molar-refractivity contribution in [2.75, 3.05) is 18.2 Å². The molecule has 0 fully saturated rings. The predicted molar refractivity (Wildman–Crippen MR) is 100 cm³/mol. The number of hydrogen-bond donors (Lipinski definition) is 1. The van der Waals surface area contributed by atoms with E-state index in [4.69, 9.17) is 4.74 Å². The Labute approximate surface area is 155 Å². The van der Waals surface area contributed by atoms with E-state index in [0.717, 1.165) is 22.6 Å². The molecule has 7 nitrogen and oxygen atoms in total. The van der Waals surface area contributed by atoms with Gasteiger partial charge in [-0.3, -0.25) is 4.79 Å². The number of nitrogens with one attached hydrogen (secondary N) is 1. The van der Waals surface area contributed by atoms with Crippen LogP contribution in [0.15, 0.2) is 53.7 Å². The third-order valence-corrected chi connectivity index (χ3v) is 4.58. The first-order valence-electron chi connectivity index (χ1n) is 8.02. The number of tetrazole rings is 1. The predicted octanol–water partition coefficient (Wildman–Crippen LogP) is 2.77. The van der Waals surface area contributed by atoms with E-state index in [9.17, 15) is 4.79 Å². The molecule has 0 aliphatic heterocycles. The van der Waals surface area contributed by atoms with Crippen molar-refractivity contribution in [1.82, 2.24) is 20.2 Å². The number of aryl methyl sites for hydroxylation is 1. The molecular formula is C18H19N5O2S. The van der Waals surface area contributed by atoms with Crippen LogP contribution in [-0.4, -0.2) is 39.0 Å². The molecule has 26 heavy (non-hydrogen) atoms. The molecule has 0 saturated carbocycles. The molecule has 8 heteroatoms. The van der Waals surface area contributed by atoms with Gasteiger partial charge in [0.15, 0.2) is 0 Å². The lowest BCUT2D eigenvalue weighted by Gasteiger charge is -2.07. The molecule has 1 aromatic heterocycles. The highest BCUT2D eigenvalue weighted by molar-refractivity contribution is 7.99. The zero-order valence-corrected chi connectivity index (χ0v) is 15.4. The number of methoxy groups -OCH3 is 1. The van der Waals surface area contributed by atoms with Crippen molar-refractivity contribution in [3.8, 4) is 5.75 Å². The highest BCUT2D eigenvalue weighted by atomic mass is 32.2. The Morgan fingerprint density at radius 2 is 2.04 bits per heavy atom. The van der Waals surface area contributed by atoms with Gasteiger partial charge in [0.05, 0.1) is 19.4 Å². The Kier molecular flexibility index (Phi) is 5.85. The number of thioether (sulfide) groups is 1. The number of carbonyl (C=O) groups is 1. The van der Waals surface area contributed by atoms with Gasteiger partial charge >= 0.3 is 0 Å². The van der Waals surface area contributed by atoms with Crippen LogP contribution in [0.4, 0.5) is 5.69 Å². The summed E-state index contributed by atoms with van der Waals surface area (Å²) in [6, 6.07) is 15.4. The molecule has 0 bridgehead atoms. The topological polar surface area (TPSA) is 81.9 Å². The Morgan fingerprint density at radius 3 is 2.77 bits per heavy atom. The molecule has 0 spiro atoms. The smallest absolute Gasteiger partial charge is 0.234 e. The van der Waals surface area contributed by atoms with Crippen LogP contribution in [0.2, 0.25) is 0 Å². The summed E-state index contributed by atoms with van der Waals surface area (Å²) in [5.74, 6) is 0.934. The van der Waals surface area contributed by atoms with E-state index in [0.29, 0.717) is 11.7 Å². The Balaban J connectivity index is 1.57. The maximum absolute atomic E-state index is 12.1. The van der Waals surface area contributed by atoms with Gasteiger partial charge in [-0.2, -0.15) is 0 Å². The molecule has 0 radical (unpaired) electrons. The average Bonchev–Trinajstić information content (AvgIpc) is 3.08. The second-order valence-electron chi connectivity index (χ2n) is 5.67. The van der Waals surface area contributed by atoms with E-state index >= 15 is 0 Å². The fourth-order valence-corrected chi connectivity index (χ4v) is 3.03. The van der Waals surface area contributed by atoms with E-state index < -0.39 is 0 Å². The van der Waals surface area contributed by atoms with Crippen molar-refractivity contribution >= 4 is 23.4 Å². The lowest BCUT2D eigenvalue weighted by molar-refractivity contribution is -0.113. The molecule has 0 aliphatic carbocycles. The molecule has 0 saturated heterocycles. The molecule has 0 aliphatic rings. The highest BCUT2D eigenvalue weighted by Crippen LogP contribution is 2.18. The summed E-state index contributed by atoms with van der Waals surface area (Å²) < 4.78 is 6.83. The summed E-state index contributed by atoms with van der Waals surface area (Å²) in [5.41, 5.74) is 2.93. The SMILES string of the molecule is COc1ccc(Cn2nnnc2SCC(=O)Nc2cccc(C)c2)cc1. The minimum atomic E-state index is -0.0976. The van der Waals surface area contributed by atoms with E-state index in [1.54, 1.807) is 11.8 Å². The minimum absolute atomic E-state index is 0.0976. The monoisotopic (exact) mass is 369 g/mol. The molecule has 1 amide bonds. The molecule has 3 rings (SSSR count). The van der Waals surface area contributed by atoms with Gasteiger partial charge in [-0.05, 0) is 52.7 Å². The molecular weight excluding hydrogens is 350 g/mol. The number of aromatic nitrogens is 4. The lowest BCUT2D eigenvalue weighted by Crippen LogP contribution is -2.15. The minimum Gasteiger partial charge on any atom is -0.497 e. The first-order valence-corrected chi connectivity index (χ1v) is 9.01. The van der Waals surface area contributed by atoms with Crippen molar-refractivity contribution in [1.29, 1.82) is 0 Å². The number of rotatable bonds is 7. The van der Waals surface area contributed by atoms with E-state index in [-0.39, 0.29) is 11.7 Å². The van der Waals surface area contributed by atoms with Crippen molar-refractivity contribution in [2.45, 2.75) is 18.6 Å². The van der Waals surface area contributed by atoms with Gasteiger partial charge in [-0.15, -0.1) is 5.10 Å². The fraction of sp³-hybridized carbons (Fsp3) is 0.222. The Bertz CT molecular complexity index is 879. The second-order valence-corrected chi connectivity index (χ2v) is 6.62. The summed E-state index contributed by atoms with van der Waals surface area (Å²) in [6.45, 7) is 2.51. The molecule has 1 N–H and O–H groups in total. The maximum Gasteiger partial charge on any atom is 0.234 e. The average molecular weight is 369 g/mol. The van der Waals surface area contributed by atoms with Crippen LogP contribution < -0.4 is 10.1 Å². The first kappa shape index (κ1) is 17.9. The Morgan fingerprint density at radius 1 is 1.23 bits per heavy atom. The summed E-state index contributed by atoms with van der Waals surface area (Å²) >= 11 is 1.30. The number of anilines is 1. The summed E-state index contributed by atoms with van der Waals surface area (Å²) in [6.07, 6.45) is 0. The number of nitrogens with zero attached hydrogens (tertiary/aromatic N) is 4. The van der Waals surface area contributed by atoms with Gasteiger partial charge in [0.2, 0.25) is 11.1 Å². The van der Waals surface area contributed by atoms with Crippen molar-refractivity contribution in [2.24, 2.45) is 0 Å². The van der Waals surface area contributed by atoms with Gasteiger partial charge in [0.1, 0.15) is 5.75 Å². The van der Waals surface area contributed by atoms with E-state index in [1.807, 2.05) is 55.5 Å². The summed E-state index contributed by atoms with van der Waals surface area (Å²) in [7, 11) is 1.63. The van der Waals surface area contributed by atoms with Crippen molar-refractivity contribution in [3.63, 3.8) is 0 Å². The lowest BCUT2D eigenvalue weighted by atomic mass is 10.2. The summed E-state index contributed by atoms with van der Waals surface area (Å²) in [5, 5.41) is 15.2. The molecule has 1 heterocycles. The fourth-order valence-electron chi connectivity index (χ4n) is 2.35. The van der Waals surface area contributed by atoms with Gasteiger partial charge in [-0.1, -0.05) is 36.0 Å². The van der Waals surface area contributed by atoms with Crippen LogP contribution in [0.5, 0.6) is 5.75 Å². The van der Waals surface area contributed by atoms with Crippen LogP contribution in [0.3, 0.4) is 0 Å². The van der Waals surface area contributed by atoms with Crippen molar-refractivity contribution < 1.29 is 9.53 Å². The maximum atomic E-state index is 12.1. The number of carbonyl (C=O) groups excluding carboxylic acids is 1. The van der Waals surface area contributed by atoms with Gasteiger partial charge < -0.3 is 10.1 Å². The van der Waals surface area contributed by atoms with Crippen LogP contribution in [-0.2, 0) is 11.3 Å². The molecule has 2 aromatic carbocycles. The van der Waals surface area contributed by atoms with E-state index in [1.165, 1.54) is 11.8 Å². The highest BCUT2D eigenvalue weighted by Gasteiger charge is 2.11. The molecule has 0 unspecified atom stereocenters. The van der Waals surface area contributed by atoms with Crippen LogP contribution in [0, 0.1) is 6.92 Å². The van der Waals surface area contributed by atoms with Crippen LogP contribution in [0.1, 0.15) is 11.1 Å². The number of ether oxygens (including phenoxy) is 1. The third kappa shape index (κ3) is 4.82.